The Labute approximate surface area is 119 Å². The minimum atomic E-state index is 0. The van der Waals surface area contributed by atoms with Crippen LogP contribution < -0.4 is 0 Å². The van der Waals surface area contributed by atoms with Crippen molar-refractivity contribution >= 4 is 18.2 Å². The highest BCUT2D eigenvalue weighted by molar-refractivity contribution is 5.85. The van der Waals surface area contributed by atoms with Crippen LogP contribution in [0.15, 0.2) is 66.9 Å². The second-order valence-corrected chi connectivity index (χ2v) is 4.37. The summed E-state index contributed by atoms with van der Waals surface area (Å²) in [7, 11) is 0. The van der Waals surface area contributed by atoms with Gasteiger partial charge in [0, 0.05) is 18.3 Å². The maximum atomic E-state index is 5.71. The summed E-state index contributed by atoms with van der Waals surface area (Å²) in [5.41, 5.74) is 2.43. The second kappa shape index (κ2) is 6.30. The molecule has 0 aliphatic carbocycles. The molecule has 2 aromatic carbocycles. The summed E-state index contributed by atoms with van der Waals surface area (Å²) in [5.74, 6) is 0.950. The third-order valence-electron chi connectivity index (χ3n) is 2.97. The molecule has 0 atom stereocenters. The van der Waals surface area contributed by atoms with Crippen LogP contribution in [-0.2, 0) is 11.3 Å². The molecule has 0 aromatic heterocycles. The molecule has 19 heavy (non-hydrogen) atoms. The Morgan fingerprint density at radius 1 is 0.895 bits per heavy atom. The largest absolute Gasteiger partial charge is 0.471 e. The number of benzene rings is 2. The van der Waals surface area contributed by atoms with Gasteiger partial charge < -0.3 is 9.64 Å². The van der Waals surface area contributed by atoms with Crippen molar-refractivity contribution in [1.29, 1.82) is 0 Å². The van der Waals surface area contributed by atoms with Gasteiger partial charge in [-0.15, -0.1) is 12.4 Å². The summed E-state index contributed by atoms with van der Waals surface area (Å²) in [6, 6.07) is 20.6. The number of ether oxygens (including phenoxy) is 1. The van der Waals surface area contributed by atoms with Gasteiger partial charge in [0.15, 0.2) is 6.73 Å². The van der Waals surface area contributed by atoms with Gasteiger partial charge in [-0.05, 0) is 5.56 Å². The monoisotopic (exact) mass is 273 g/mol. The molecule has 0 N–H and O–H groups in total. The van der Waals surface area contributed by atoms with Crippen LogP contribution in [0.3, 0.4) is 0 Å². The molecule has 0 bridgehead atoms. The number of halogens is 1. The van der Waals surface area contributed by atoms with Gasteiger partial charge in [0.2, 0.25) is 0 Å². The Kier molecular flexibility index (Phi) is 4.48. The van der Waals surface area contributed by atoms with E-state index >= 15 is 0 Å². The Bertz CT molecular complexity index is 539. The van der Waals surface area contributed by atoms with E-state index in [1.165, 1.54) is 5.56 Å². The van der Waals surface area contributed by atoms with Crippen molar-refractivity contribution in [2.45, 2.75) is 6.54 Å². The SMILES string of the molecule is C1=C(c2ccccc2)OCN1Cc1ccccc1.Cl. The normalized spacial score (nSPS) is 13.5. The maximum absolute atomic E-state index is 5.71. The zero-order valence-electron chi connectivity index (χ0n) is 10.5. The molecule has 0 radical (unpaired) electrons. The van der Waals surface area contributed by atoms with Crippen LogP contribution in [0.4, 0.5) is 0 Å². The van der Waals surface area contributed by atoms with Crippen molar-refractivity contribution < 1.29 is 4.74 Å². The van der Waals surface area contributed by atoms with Crippen molar-refractivity contribution in [2.24, 2.45) is 0 Å². The highest BCUT2D eigenvalue weighted by atomic mass is 35.5. The van der Waals surface area contributed by atoms with E-state index in [4.69, 9.17) is 4.74 Å². The first-order valence-electron chi connectivity index (χ1n) is 6.10. The van der Waals surface area contributed by atoms with E-state index in [-0.39, 0.29) is 12.4 Å². The smallest absolute Gasteiger partial charge is 0.161 e. The summed E-state index contributed by atoms with van der Waals surface area (Å²) in [5, 5.41) is 0. The molecule has 0 amide bonds. The van der Waals surface area contributed by atoms with Crippen molar-refractivity contribution in [2.75, 3.05) is 6.73 Å². The first-order chi connectivity index (χ1) is 8.92. The van der Waals surface area contributed by atoms with Gasteiger partial charge >= 0.3 is 0 Å². The van der Waals surface area contributed by atoms with E-state index in [1.54, 1.807) is 0 Å². The highest BCUT2D eigenvalue weighted by Crippen LogP contribution is 2.23. The number of nitrogens with zero attached hydrogens (tertiary/aromatic N) is 1. The van der Waals surface area contributed by atoms with E-state index in [0.29, 0.717) is 6.73 Å². The summed E-state index contributed by atoms with van der Waals surface area (Å²) < 4.78 is 5.71. The average molecular weight is 274 g/mol. The molecule has 0 saturated carbocycles. The van der Waals surface area contributed by atoms with Crippen molar-refractivity contribution in [3.05, 3.63) is 78.0 Å². The average Bonchev–Trinajstić information content (AvgIpc) is 2.89. The zero-order valence-corrected chi connectivity index (χ0v) is 11.3. The van der Waals surface area contributed by atoms with Crippen LogP contribution in [0.5, 0.6) is 0 Å². The summed E-state index contributed by atoms with van der Waals surface area (Å²) >= 11 is 0. The summed E-state index contributed by atoms with van der Waals surface area (Å²) in [4.78, 5) is 2.18. The first-order valence-corrected chi connectivity index (χ1v) is 6.10. The number of hydrogen-bond donors (Lipinski definition) is 0. The Balaban J connectivity index is 0.00000133. The fourth-order valence-corrected chi connectivity index (χ4v) is 2.06. The molecule has 3 rings (SSSR count). The number of hydrogen-bond acceptors (Lipinski definition) is 2. The van der Waals surface area contributed by atoms with Crippen LogP contribution in [0.1, 0.15) is 11.1 Å². The predicted molar refractivity (Wildman–Crippen MR) is 79.6 cm³/mol. The molecular weight excluding hydrogens is 258 g/mol. The lowest BCUT2D eigenvalue weighted by Crippen LogP contribution is -2.14. The third-order valence-corrected chi connectivity index (χ3v) is 2.97. The third kappa shape index (κ3) is 3.30. The van der Waals surface area contributed by atoms with Crippen LogP contribution in [0.2, 0.25) is 0 Å². The lowest BCUT2D eigenvalue weighted by Gasteiger charge is -2.12. The van der Waals surface area contributed by atoms with E-state index in [9.17, 15) is 0 Å². The van der Waals surface area contributed by atoms with Gasteiger partial charge in [-0.2, -0.15) is 0 Å². The minimum Gasteiger partial charge on any atom is -0.471 e. The lowest BCUT2D eigenvalue weighted by atomic mass is 10.2. The molecular formula is C16H16ClNO. The summed E-state index contributed by atoms with van der Waals surface area (Å²) in [6.07, 6.45) is 2.09. The molecule has 1 aliphatic heterocycles. The topological polar surface area (TPSA) is 12.5 Å². The van der Waals surface area contributed by atoms with Gasteiger partial charge in [0.1, 0.15) is 5.76 Å². The Morgan fingerprint density at radius 2 is 1.53 bits per heavy atom. The molecule has 2 aromatic rings. The Hall–Kier alpha value is -1.93. The van der Waals surface area contributed by atoms with E-state index in [2.05, 4.69) is 47.5 Å². The van der Waals surface area contributed by atoms with E-state index in [0.717, 1.165) is 17.9 Å². The fourth-order valence-electron chi connectivity index (χ4n) is 2.06. The first kappa shape index (κ1) is 13.5. The van der Waals surface area contributed by atoms with Gasteiger partial charge in [-0.25, -0.2) is 0 Å². The number of rotatable bonds is 3. The van der Waals surface area contributed by atoms with Gasteiger partial charge in [0.25, 0.3) is 0 Å². The molecule has 0 saturated heterocycles. The van der Waals surface area contributed by atoms with Crippen LogP contribution in [0, 0.1) is 0 Å². The molecule has 1 heterocycles. The van der Waals surface area contributed by atoms with Crippen LogP contribution in [-0.4, -0.2) is 11.6 Å². The lowest BCUT2D eigenvalue weighted by molar-refractivity contribution is 0.179. The molecule has 0 unspecified atom stereocenters. The van der Waals surface area contributed by atoms with Gasteiger partial charge in [0.05, 0.1) is 0 Å². The fraction of sp³-hybridized carbons (Fsp3) is 0.125. The van der Waals surface area contributed by atoms with E-state index in [1.807, 2.05) is 24.3 Å². The van der Waals surface area contributed by atoms with Gasteiger partial charge in [-0.1, -0.05) is 60.7 Å². The molecule has 0 fully saturated rings. The van der Waals surface area contributed by atoms with Crippen molar-refractivity contribution in [3.8, 4) is 0 Å². The van der Waals surface area contributed by atoms with Crippen molar-refractivity contribution in [1.82, 2.24) is 4.90 Å². The molecule has 3 heteroatoms. The van der Waals surface area contributed by atoms with Gasteiger partial charge in [-0.3, -0.25) is 0 Å². The molecule has 2 nitrogen and oxygen atoms in total. The highest BCUT2D eigenvalue weighted by Gasteiger charge is 2.14. The quantitative estimate of drug-likeness (QED) is 0.841. The standard InChI is InChI=1S/C16H15NO.ClH/c1-3-7-14(8-4-1)11-17-12-16(18-13-17)15-9-5-2-6-10-15;/h1-10,12H,11,13H2;1H. The van der Waals surface area contributed by atoms with Crippen LogP contribution >= 0.6 is 12.4 Å². The van der Waals surface area contributed by atoms with Crippen LogP contribution in [0.25, 0.3) is 5.76 Å². The molecule has 1 aliphatic rings. The second-order valence-electron chi connectivity index (χ2n) is 4.37. The minimum absolute atomic E-state index is 0. The molecule has 98 valence electrons. The summed E-state index contributed by atoms with van der Waals surface area (Å²) in [6.45, 7) is 1.51. The molecule has 0 spiro atoms. The van der Waals surface area contributed by atoms with Crippen molar-refractivity contribution in [3.63, 3.8) is 0 Å². The maximum Gasteiger partial charge on any atom is 0.161 e. The predicted octanol–water partition coefficient (Wildman–Crippen LogP) is 3.90. The Morgan fingerprint density at radius 3 is 2.21 bits per heavy atom. The van der Waals surface area contributed by atoms with E-state index < -0.39 is 0 Å². The zero-order chi connectivity index (χ0) is 12.2.